The fourth-order valence-corrected chi connectivity index (χ4v) is 7.88. The number of rotatable bonds is 10. The molecule has 0 unspecified atom stereocenters. The Balaban J connectivity index is 0.000000455. The lowest BCUT2D eigenvalue weighted by atomic mass is 9.12. The van der Waals surface area contributed by atoms with Gasteiger partial charge in [-0.3, -0.25) is 0 Å². The Morgan fingerprint density at radius 2 is 0.740 bits per heavy atom. The summed E-state index contributed by atoms with van der Waals surface area (Å²) in [6.07, 6.45) is -47.7. The maximum atomic E-state index is 14.2. The lowest BCUT2D eigenvalue weighted by molar-refractivity contribution is -0.689. The van der Waals surface area contributed by atoms with E-state index in [4.69, 9.17) is 4.74 Å². The van der Waals surface area contributed by atoms with E-state index in [-0.39, 0.29) is 5.97 Å². The van der Waals surface area contributed by atoms with Crippen LogP contribution in [0, 0.1) is 0 Å². The van der Waals surface area contributed by atoms with E-state index in [0.29, 0.717) is 18.8 Å². The third kappa shape index (κ3) is 15.0. The first-order chi connectivity index (χ1) is 35.1. The smallest absolute Gasteiger partial charge is 0.416 e. The van der Waals surface area contributed by atoms with E-state index in [1.807, 2.05) is 41.1 Å². The Hall–Kier alpha value is -6.97. The molecule has 6 rings (SSSR count). The van der Waals surface area contributed by atoms with Crippen molar-refractivity contribution in [1.29, 1.82) is 0 Å². The van der Waals surface area contributed by atoms with Gasteiger partial charge in [-0.05, 0) is 30.7 Å². The minimum Gasteiger partial charge on any atom is -0.461 e. The van der Waals surface area contributed by atoms with Crippen LogP contribution >= 0.6 is 0 Å². The van der Waals surface area contributed by atoms with Crippen LogP contribution in [-0.4, -0.2) is 23.7 Å². The summed E-state index contributed by atoms with van der Waals surface area (Å²) in [5.74, 6) is -0.360. The summed E-state index contributed by atoms with van der Waals surface area (Å²) in [6.45, 7) is 3.21. The quantitative estimate of drug-likeness (QED) is 0.0451. The van der Waals surface area contributed by atoms with Gasteiger partial charge >= 0.3 is 55.4 Å². The number of nitrogens with zero attached hydrogens (tertiary/aromatic N) is 2. The van der Waals surface area contributed by atoms with Crippen molar-refractivity contribution in [3.63, 3.8) is 0 Å². The summed E-state index contributed by atoms with van der Waals surface area (Å²) in [4.78, 5) is 15.9. The molecular formula is C48H31BF24N2O2. The molecule has 77 heavy (non-hydrogen) atoms. The molecule has 0 N–H and O–H groups in total. The van der Waals surface area contributed by atoms with E-state index in [1.54, 1.807) is 12.4 Å². The third-order valence-corrected chi connectivity index (χ3v) is 11.3. The number of benzene rings is 5. The maximum absolute atomic E-state index is 14.2. The molecule has 0 fully saturated rings. The van der Waals surface area contributed by atoms with Crippen molar-refractivity contribution in [2.45, 2.75) is 75.7 Å². The Labute approximate surface area is 417 Å². The average molecular weight is 1130 g/mol. The van der Waals surface area contributed by atoms with Gasteiger partial charge in [0.15, 0.2) is 12.7 Å². The summed E-state index contributed by atoms with van der Waals surface area (Å²) >= 11 is 0. The van der Waals surface area contributed by atoms with Crippen molar-refractivity contribution in [3.8, 4) is 0 Å². The van der Waals surface area contributed by atoms with Crippen LogP contribution < -0.4 is 26.4 Å². The Morgan fingerprint density at radius 1 is 0.455 bits per heavy atom. The zero-order valence-corrected chi connectivity index (χ0v) is 38.2. The molecule has 6 aromatic rings. The fraction of sp³-hybridized carbons (Fsp3) is 0.271. The summed E-state index contributed by atoms with van der Waals surface area (Å²) in [5.41, 5.74) is -28.7. The van der Waals surface area contributed by atoms with Crippen LogP contribution in [0.15, 0.2) is 122 Å². The Morgan fingerprint density at radius 3 is 1.00 bits per heavy atom. The highest BCUT2D eigenvalue weighted by Gasteiger charge is 2.47. The van der Waals surface area contributed by atoms with Gasteiger partial charge in [0.2, 0.25) is 11.9 Å². The van der Waals surface area contributed by atoms with Crippen LogP contribution in [0.25, 0.3) is 0 Å². The van der Waals surface area contributed by atoms with Crippen LogP contribution in [0.3, 0.4) is 0 Å². The van der Waals surface area contributed by atoms with Gasteiger partial charge in [0.25, 0.3) is 0 Å². The van der Waals surface area contributed by atoms with Gasteiger partial charge in [-0.2, -0.15) is 132 Å². The number of hydrogen-bond donors (Lipinski definition) is 0. The second kappa shape index (κ2) is 21.8. The Bertz CT molecular complexity index is 2610. The number of unbranched alkanes of at least 4 members (excludes halogenated alkanes) is 1. The predicted molar refractivity (Wildman–Crippen MR) is 225 cm³/mol. The minimum atomic E-state index is -6.13. The number of hydrogen-bond acceptors (Lipinski definition) is 3. The van der Waals surface area contributed by atoms with Gasteiger partial charge in [0.05, 0.1) is 57.3 Å². The van der Waals surface area contributed by atoms with Crippen molar-refractivity contribution < 1.29 is 119 Å². The van der Waals surface area contributed by atoms with Gasteiger partial charge in [0.1, 0.15) is 6.15 Å². The first kappa shape index (κ1) is 60.9. The third-order valence-electron chi connectivity index (χ3n) is 11.3. The molecule has 0 bridgehead atoms. The first-order valence-corrected chi connectivity index (χ1v) is 21.5. The van der Waals surface area contributed by atoms with E-state index in [0.717, 1.165) is 12.8 Å². The van der Waals surface area contributed by atoms with Crippen molar-refractivity contribution in [1.82, 2.24) is 4.98 Å². The van der Waals surface area contributed by atoms with Crippen molar-refractivity contribution in [3.05, 3.63) is 177 Å². The van der Waals surface area contributed by atoms with E-state index < -0.39 is 195 Å². The largest absolute Gasteiger partial charge is 0.461 e. The summed E-state index contributed by atoms with van der Waals surface area (Å²) in [6, 6.07) is 1.26. The lowest BCUT2D eigenvalue weighted by Gasteiger charge is -2.46. The number of ether oxygens (including phenoxy) is 1. The zero-order valence-electron chi connectivity index (χ0n) is 38.2. The van der Waals surface area contributed by atoms with Gasteiger partial charge in [-0.1, -0.05) is 92.2 Å². The summed E-state index contributed by atoms with van der Waals surface area (Å²) < 4.78 is 348. The van der Waals surface area contributed by atoms with Crippen LogP contribution in [0.4, 0.5) is 105 Å². The fourth-order valence-electron chi connectivity index (χ4n) is 7.88. The summed E-state index contributed by atoms with van der Waals surface area (Å²) in [5, 5.41) is 0. The standard InChI is InChI=1S/C32H12BF24.C16H19N2O2/c34-25(35,36)13-1-14(26(37,38)39)6-21(5-13)33(22-7-15(27(40,41)42)2-16(8-22)28(43,44)45,23-9-17(29(46,47)48)3-18(10-23)30(49,50)51)24-11-19(31(52,53)54)4-20(12-24)32(55,56)57;1-2-3-11-20-16(19)15-13-18(10-9-17-15)12-14-7-5-4-6-8-14/h1-12H;4-10,13H,2-3,11-12H2,1H3/q-1;+1. The molecule has 0 aliphatic carbocycles. The molecule has 0 saturated heterocycles. The predicted octanol–water partition coefficient (Wildman–Crippen LogP) is 13.6. The zero-order chi connectivity index (χ0) is 58.1. The molecule has 1 aromatic heterocycles. The van der Waals surface area contributed by atoms with Gasteiger partial charge in [0, 0.05) is 5.56 Å². The van der Waals surface area contributed by atoms with E-state index >= 15 is 0 Å². The van der Waals surface area contributed by atoms with E-state index in [9.17, 15) is 110 Å². The normalized spacial score (nSPS) is 13.3. The highest BCUT2D eigenvalue weighted by molar-refractivity contribution is 7.20. The van der Waals surface area contributed by atoms with Crippen molar-refractivity contribution in [2.75, 3.05) is 6.61 Å². The van der Waals surface area contributed by atoms with Crippen LogP contribution in [0.1, 0.15) is 80.3 Å². The van der Waals surface area contributed by atoms with Crippen LogP contribution in [0.5, 0.6) is 0 Å². The molecule has 0 spiro atoms. The molecule has 0 amide bonds. The number of carbonyl (C=O) groups excluding carboxylic acids is 1. The SMILES string of the molecule is CCCCOC(=O)c1c[n+](Cc2ccccc2)ccn1.FC(F)(F)c1cc([B-](c2cc(C(F)(F)F)cc(C(F)(F)F)c2)(c2cc(C(F)(F)F)cc(C(F)(F)F)c2)c2cc(C(F)(F)F)cc(C(F)(F)F)c2)cc(C(F)(F)F)c1. The summed E-state index contributed by atoms with van der Waals surface area (Å²) in [7, 11) is 0. The maximum Gasteiger partial charge on any atom is 0.416 e. The molecule has 0 atom stereocenters. The van der Waals surface area contributed by atoms with Crippen LogP contribution in [-0.2, 0) is 60.7 Å². The number of aromatic nitrogens is 2. The second-order valence-corrected chi connectivity index (χ2v) is 16.8. The lowest BCUT2D eigenvalue weighted by Crippen LogP contribution is -2.75. The van der Waals surface area contributed by atoms with Gasteiger partial charge in [-0.25, -0.2) is 9.78 Å². The van der Waals surface area contributed by atoms with Gasteiger partial charge < -0.3 is 4.74 Å². The molecule has 0 saturated carbocycles. The number of esters is 1. The molecule has 4 nitrogen and oxygen atoms in total. The monoisotopic (exact) mass is 1130 g/mol. The highest BCUT2D eigenvalue weighted by atomic mass is 19.4. The van der Waals surface area contributed by atoms with E-state index in [2.05, 4.69) is 11.9 Å². The highest BCUT2D eigenvalue weighted by Crippen LogP contribution is 2.41. The molecular weight excluding hydrogens is 1100 g/mol. The Kier molecular flexibility index (Phi) is 17.3. The number of halogens is 24. The number of carbonyl (C=O) groups is 1. The second-order valence-electron chi connectivity index (χ2n) is 16.8. The van der Waals surface area contributed by atoms with E-state index in [1.165, 1.54) is 5.56 Å². The number of alkyl halides is 24. The van der Waals surface area contributed by atoms with Crippen molar-refractivity contribution >= 4 is 34.0 Å². The van der Waals surface area contributed by atoms with Crippen molar-refractivity contribution in [2.24, 2.45) is 0 Å². The molecule has 416 valence electrons. The topological polar surface area (TPSA) is 43.1 Å². The molecule has 1 heterocycles. The van der Waals surface area contributed by atoms with Gasteiger partial charge in [-0.15, -0.1) is 0 Å². The molecule has 0 radical (unpaired) electrons. The average Bonchev–Trinajstić information content (AvgIpc) is 3.30. The first-order valence-electron chi connectivity index (χ1n) is 21.5. The van der Waals surface area contributed by atoms with Crippen LogP contribution in [0.2, 0.25) is 0 Å². The molecule has 29 heteroatoms. The molecule has 5 aromatic carbocycles. The minimum absolute atomic E-state index is 0.347. The molecule has 0 aliphatic heterocycles. The molecule has 0 aliphatic rings.